The smallest absolute Gasteiger partial charge is 0.227 e. The molecule has 1 atom stereocenters. The molecule has 3 N–H and O–H groups in total. The fraction of sp³-hybridized carbons (Fsp3) is 0.917. The highest BCUT2D eigenvalue weighted by Crippen LogP contribution is 2.24. The van der Waals surface area contributed by atoms with Crippen LogP contribution in [0.3, 0.4) is 0 Å². The minimum Gasteiger partial charge on any atom is -0.376 e. The molecule has 0 aromatic rings. The highest BCUT2D eigenvalue weighted by Gasteiger charge is 2.33. The summed E-state index contributed by atoms with van der Waals surface area (Å²) in [6, 6.07) is 0. The van der Waals surface area contributed by atoms with Crippen molar-refractivity contribution in [3.8, 4) is 0 Å². The first-order valence-corrected chi connectivity index (χ1v) is 6.36. The Morgan fingerprint density at radius 3 is 2.59 bits per heavy atom. The Labute approximate surface area is 103 Å². The maximum absolute atomic E-state index is 12.1. The molecular weight excluding hydrogens is 220 g/mol. The molecule has 1 saturated heterocycles. The standard InChI is InChI=1S/C12H24N2O3/c1-3-12(4-2,9-13)11(15)14-7-10-8-16-5-6-17-10/h10H,3-9,13H2,1-2H3,(H,14,15). The normalized spacial score (nSPS) is 21.2. The first kappa shape index (κ1) is 14.4. The monoisotopic (exact) mass is 244 g/mol. The number of carbonyl (C=O) groups is 1. The van der Waals surface area contributed by atoms with Crippen molar-refractivity contribution >= 4 is 5.91 Å². The molecule has 1 fully saturated rings. The molecular formula is C12H24N2O3. The largest absolute Gasteiger partial charge is 0.376 e. The zero-order chi connectivity index (χ0) is 12.7. The first-order valence-electron chi connectivity index (χ1n) is 6.36. The van der Waals surface area contributed by atoms with E-state index in [1.165, 1.54) is 0 Å². The van der Waals surface area contributed by atoms with Crippen LogP contribution in [-0.4, -0.2) is 44.9 Å². The van der Waals surface area contributed by atoms with Gasteiger partial charge in [0.2, 0.25) is 5.91 Å². The molecule has 17 heavy (non-hydrogen) atoms. The quantitative estimate of drug-likeness (QED) is 0.704. The van der Waals surface area contributed by atoms with Crippen LogP contribution in [0.1, 0.15) is 26.7 Å². The van der Waals surface area contributed by atoms with E-state index in [0.29, 0.717) is 32.9 Å². The third-order valence-corrected chi connectivity index (χ3v) is 3.60. The Balaban J connectivity index is 2.41. The van der Waals surface area contributed by atoms with Gasteiger partial charge in [-0.15, -0.1) is 0 Å². The molecule has 0 aliphatic carbocycles. The maximum atomic E-state index is 12.1. The topological polar surface area (TPSA) is 73.6 Å². The summed E-state index contributed by atoms with van der Waals surface area (Å²) < 4.78 is 10.7. The number of nitrogens with one attached hydrogen (secondary N) is 1. The Hall–Kier alpha value is -0.650. The second-order valence-corrected chi connectivity index (χ2v) is 4.47. The molecule has 5 nitrogen and oxygen atoms in total. The molecule has 0 spiro atoms. The van der Waals surface area contributed by atoms with E-state index in [-0.39, 0.29) is 12.0 Å². The Bertz CT molecular complexity index is 228. The summed E-state index contributed by atoms with van der Waals surface area (Å²) in [6.07, 6.45) is 1.48. The average molecular weight is 244 g/mol. The summed E-state index contributed by atoms with van der Waals surface area (Å²) in [5, 5.41) is 2.92. The van der Waals surface area contributed by atoms with E-state index in [0.717, 1.165) is 12.8 Å². The van der Waals surface area contributed by atoms with Gasteiger partial charge in [0.05, 0.1) is 31.3 Å². The van der Waals surface area contributed by atoms with Crippen LogP contribution in [0.5, 0.6) is 0 Å². The molecule has 0 aromatic heterocycles. The molecule has 1 heterocycles. The van der Waals surface area contributed by atoms with E-state index < -0.39 is 5.41 Å². The number of nitrogens with two attached hydrogens (primary N) is 1. The van der Waals surface area contributed by atoms with Gasteiger partial charge in [-0.2, -0.15) is 0 Å². The molecule has 1 amide bonds. The summed E-state index contributed by atoms with van der Waals surface area (Å²) in [5.74, 6) is 0.0270. The average Bonchev–Trinajstić information content (AvgIpc) is 2.40. The van der Waals surface area contributed by atoms with Gasteiger partial charge in [0.25, 0.3) is 0 Å². The van der Waals surface area contributed by atoms with E-state index in [1.54, 1.807) is 0 Å². The van der Waals surface area contributed by atoms with Crippen molar-refractivity contribution < 1.29 is 14.3 Å². The zero-order valence-corrected chi connectivity index (χ0v) is 10.8. The minimum atomic E-state index is -0.435. The fourth-order valence-electron chi connectivity index (χ4n) is 2.00. The van der Waals surface area contributed by atoms with Gasteiger partial charge in [0.15, 0.2) is 0 Å². The SMILES string of the molecule is CCC(CC)(CN)C(=O)NCC1COCCO1. The van der Waals surface area contributed by atoms with Gasteiger partial charge in [-0.05, 0) is 12.8 Å². The van der Waals surface area contributed by atoms with Gasteiger partial charge in [-0.25, -0.2) is 0 Å². The Kier molecular flexibility index (Phi) is 5.88. The third kappa shape index (κ3) is 3.66. The number of rotatable bonds is 6. The van der Waals surface area contributed by atoms with Crippen LogP contribution in [-0.2, 0) is 14.3 Å². The second kappa shape index (κ2) is 6.93. The van der Waals surface area contributed by atoms with E-state index in [2.05, 4.69) is 5.32 Å². The molecule has 100 valence electrons. The lowest BCUT2D eigenvalue weighted by Gasteiger charge is -2.30. The van der Waals surface area contributed by atoms with Crippen LogP contribution in [0, 0.1) is 5.41 Å². The highest BCUT2D eigenvalue weighted by atomic mass is 16.6. The van der Waals surface area contributed by atoms with E-state index in [1.807, 2.05) is 13.8 Å². The van der Waals surface area contributed by atoms with Crippen LogP contribution in [0.4, 0.5) is 0 Å². The van der Waals surface area contributed by atoms with Crippen molar-refractivity contribution in [1.82, 2.24) is 5.32 Å². The van der Waals surface area contributed by atoms with Crippen LogP contribution >= 0.6 is 0 Å². The van der Waals surface area contributed by atoms with Gasteiger partial charge in [0.1, 0.15) is 0 Å². The molecule has 1 aliphatic heterocycles. The summed E-state index contributed by atoms with van der Waals surface area (Å²) in [7, 11) is 0. The van der Waals surface area contributed by atoms with Gasteiger partial charge in [-0.3, -0.25) is 4.79 Å². The van der Waals surface area contributed by atoms with E-state index >= 15 is 0 Å². The summed E-state index contributed by atoms with van der Waals surface area (Å²) in [6.45, 7) is 6.67. The summed E-state index contributed by atoms with van der Waals surface area (Å²) in [4.78, 5) is 12.1. The number of carbonyl (C=O) groups excluding carboxylic acids is 1. The van der Waals surface area contributed by atoms with Gasteiger partial charge < -0.3 is 20.5 Å². The lowest BCUT2D eigenvalue weighted by atomic mass is 9.81. The maximum Gasteiger partial charge on any atom is 0.227 e. The molecule has 0 aromatic carbocycles. The Morgan fingerprint density at radius 1 is 1.41 bits per heavy atom. The van der Waals surface area contributed by atoms with Crippen molar-refractivity contribution in [3.63, 3.8) is 0 Å². The van der Waals surface area contributed by atoms with Crippen molar-refractivity contribution in [3.05, 3.63) is 0 Å². The van der Waals surface area contributed by atoms with Gasteiger partial charge >= 0.3 is 0 Å². The zero-order valence-electron chi connectivity index (χ0n) is 10.8. The fourth-order valence-corrected chi connectivity index (χ4v) is 2.00. The number of ether oxygens (including phenoxy) is 2. The summed E-state index contributed by atoms with van der Waals surface area (Å²) >= 11 is 0. The van der Waals surface area contributed by atoms with Crippen LogP contribution in [0.15, 0.2) is 0 Å². The van der Waals surface area contributed by atoms with Gasteiger partial charge in [0, 0.05) is 13.1 Å². The Morgan fingerprint density at radius 2 is 2.12 bits per heavy atom. The number of amides is 1. The lowest BCUT2D eigenvalue weighted by Crippen LogP contribution is -2.48. The van der Waals surface area contributed by atoms with E-state index in [4.69, 9.17) is 15.2 Å². The first-order chi connectivity index (χ1) is 8.18. The second-order valence-electron chi connectivity index (χ2n) is 4.47. The van der Waals surface area contributed by atoms with Crippen molar-refractivity contribution in [2.24, 2.45) is 11.1 Å². The predicted molar refractivity (Wildman–Crippen MR) is 65.6 cm³/mol. The third-order valence-electron chi connectivity index (χ3n) is 3.60. The molecule has 0 saturated carbocycles. The lowest BCUT2D eigenvalue weighted by molar-refractivity contribution is -0.133. The van der Waals surface area contributed by atoms with Crippen molar-refractivity contribution in [2.45, 2.75) is 32.8 Å². The van der Waals surface area contributed by atoms with Crippen molar-refractivity contribution in [1.29, 1.82) is 0 Å². The molecule has 0 radical (unpaired) electrons. The van der Waals surface area contributed by atoms with Crippen molar-refractivity contribution in [2.75, 3.05) is 32.9 Å². The highest BCUT2D eigenvalue weighted by molar-refractivity contribution is 5.82. The molecule has 1 aliphatic rings. The van der Waals surface area contributed by atoms with Crippen LogP contribution < -0.4 is 11.1 Å². The minimum absolute atomic E-state index is 0.0270. The van der Waals surface area contributed by atoms with E-state index in [9.17, 15) is 4.79 Å². The van der Waals surface area contributed by atoms with Crippen LogP contribution in [0.25, 0.3) is 0 Å². The number of hydrogen-bond donors (Lipinski definition) is 2. The molecule has 5 heteroatoms. The number of hydrogen-bond acceptors (Lipinski definition) is 4. The molecule has 1 rings (SSSR count). The predicted octanol–water partition coefficient (Wildman–Crippen LogP) is 0.283. The molecule has 1 unspecified atom stereocenters. The summed E-state index contributed by atoms with van der Waals surface area (Å²) in [5.41, 5.74) is 5.29. The molecule has 0 bridgehead atoms. The van der Waals surface area contributed by atoms with Crippen LogP contribution in [0.2, 0.25) is 0 Å². The van der Waals surface area contributed by atoms with Gasteiger partial charge in [-0.1, -0.05) is 13.8 Å².